The molecule has 7 nitrogen and oxygen atoms in total. The van der Waals surface area contributed by atoms with Crippen LogP contribution in [0.1, 0.15) is 29.7 Å². The Hall–Kier alpha value is -2.82. The summed E-state index contributed by atoms with van der Waals surface area (Å²) in [6.07, 6.45) is -4.04. The second-order valence-electron chi connectivity index (χ2n) is 6.00. The summed E-state index contributed by atoms with van der Waals surface area (Å²) in [6, 6.07) is 8.41. The minimum atomic E-state index is -5.08. The predicted octanol–water partition coefficient (Wildman–Crippen LogP) is 4.30. The van der Waals surface area contributed by atoms with Gasteiger partial charge in [0.25, 0.3) is 0 Å². The number of carboxylic acids is 1. The zero-order valence-corrected chi connectivity index (χ0v) is 16.8. The van der Waals surface area contributed by atoms with E-state index in [0.29, 0.717) is 0 Å². The van der Waals surface area contributed by atoms with Crippen LogP contribution in [0.4, 0.5) is 13.2 Å². The summed E-state index contributed by atoms with van der Waals surface area (Å²) >= 11 is 1.59. The Morgan fingerprint density at radius 2 is 1.79 bits per heavy atom. The molecule has 0 fully saturated rings. The number of aliphatic carboxylic acids is 1. The second kappa shape index (κ2) is 9.59. The van der Waals surface area contributed by atoms with Crippen molar-refractivity contribution in [1.29, 1.82) is 0 Å². The number of hydrogen-bond donors (Lipinski definition) is 3. The molecule has 3 rings (SSSR count). The summed E-state index contributed by atoms with van der Waals surface area (Å²) in [5, 5.41) is 15.2. The quantitative estimate of drug-likeness (QED) is 0.524. The average Bonchev–Trinajstić information content (AvgIpc) is 3.25. The van der Waals surface area contributed by atoms with E-state index in [1.165, 1.54) is 5.56 Å². The smallest absolute Gasteiger partial charge is 0.475 e. The molecule has 2 aromatic heterocycles. The lowest BCUT2D eigenvalue weighted by molar-refractivity contribution is -0.192. The van der Waals surface area contributed by atoms with Crippen LogP contribution < -0.4 is 0 Å². The lowest BCUT2D eigenvalue weighted by Gasteiger charge is -1.98. The largest absolute Gasteiger partial charge is 0.490 e. The first-order chi connectivity index (χ1) is 13.6. The summed E-state index contributed by atoms with van der Waals surface area (Å²) in [5.74, 6) is -0.241. The Bertz CT molecular complexity index is 951. The Morgan fingerprint density at radius 3 is 2.28 bits per heavy atom. The van der Waals surface area contributed by atoms with Gasteiger partial charge in [0.15, 0.2) is 5.82 Å². The van der Waals surface area contributed by atoms with Crippen molar-refractivity contribution in [3.05, 3.63) is 47.0 Å². The van der Waals surface area contributed by atoms with Gasteiger partial charge in [-0.1, -0.05) is 43.0 Å². The van der Waals surface area contributed by atoms with Crippen LogP contribution in [-0.4, -0.2) is 42.4 Å². The number of nitrogens with zero attached hydrogens (tertiary/aromatic N) is 3. The fourth-order valence-corrected chi connectivity index (χ4v) is 3.08. The third kappa shape index (κ3) is 6.63. The van der Waals surface area contributed by atoms with Gasteiger partial charge >= 0.3 is 12.1 Å². The van der Waals surface area contributed by atoms with E-state index in [1.807, 2.05) is 13.8 Å². The normalized spacial score (nSPS) is 11.1. The molecule has 2 heterocycles. The highest BCUT2D eigenvalue weighted by Gasteiger charge is 2.38. The molecule has 3 aromatic rings. The lowest BCUT2D eigenvalue weighted by Crippen LogP contribution is -2.21. The standard InChI is InChI=1S/C16H19N5S.C2HF3O2/c1-4-12-5-7-13(8-6-12)15-19-16(21-20-15)22-9-14-10(2)17-11(3)18-14;3-2(4,5)1(6)7/h5-8H,4,9H2,1-3H3,(H,17,18)(H,19,20,21);(H,6,7). The predicted molar refractivity (Wildman–Crippen MR) is 103 cm³/mol. The van der Waals surface area contributed by atoms with E-state index in [9.17, 15) is 13.2 Å². The fourth-order valence-electron chi connectivity index (χ4n) is 2.27. The molecule has 0 atom stereocenters. The van der Waals surface area contributed by atoms with E-state index in [0.717, 1.165) is 45.9 Å². The van der Waals surface area contributed by atoms with Crippen molar-refractivity contribution in [2.45, 2.75) is 44.3 Å². The summed E-state index contributed by atoms with van der Waals surface area (Å²) in [7, 11) is 0. The van der Waals surface area contributed by atoms with Crippen LogP contribution in [0.5, 0.6) is 0 Å². The first-order valence-corrected chi connectivity index (χ1v) is 9.55. The number of aromatic nitrogens is 5. The molecule has 0 spiro atoms. The number of imidazole rings is 1. The number of alkyl halides is 3. The molecule has 0 aliphatic heterocycles. The number of thioether (sulfide) groups is 1. The van der Waals surface area contributed by atoms with Crippen molar-refractivity contribution in [3.8, 4) is 11.4 Å². The number of nitrogens with one attached hydrogen (secondary N) is 2. The maximum absolute atomic E-state index is 10.6. The highest BCUT2D eigenvalue weighted by atomic mass is 32.2. The molecule has 0 radical (unpaired) electrons. The molecule has 1 aromatic carbocycles. The first-order valence-electron chi connectivity index (χ1n) is 8.56. The Balaban J connectivity index is 0.000000370. The molecule has 0 saturated carbocycles. The van der Waals surface area contributed by atoms with Crippen LogP contribution in [0.15, 0.2) is 29.4 Å². The zero-order valence-electron chi connectivity index (χ0n) is 16.0. The number of halogens is 3. The topological polar surface area (TPSA) is 108 Å². The Morgan fingerprint density at radius 1 is 1.17 bits per heavy atom. The van der Waals surface area contributed by atoms with Gasteiger partial charge in [0.2, 0.25) is 5.16 Å². The maximum atomic E-state index is 10.6. The molecule has 11 heteroatoms. The molecule has 0 unspecified atom stereocenters. The zero-order chi connectivity index (χ0) is 21.6. The van der Waals surface area contributed by atoms with Crippen molar-refractivity contribution in [2.75, 3.05) is 0 Å². The van der Waals surface area contributed by atoms with E-state index in [1.54, 1.807) is 11.8 Å². The highest BCUT2D eigenvalue weighted by Crippen LogP contribution is 2.23. The van der Waals surface area contributed by atoms with Gasteiger partial charge < -0.3 is 10.1 Å². The molecule has 3 N–H and O–H groups in total. The molecular formula is C18H20F3N5O2S. The van der Waals surface area contributed by atoms with Gasteiger partial charge in [-0.2, -0.15) is 13.2 Å². The summed E-state index contributed by atoms with van der Waals surface area (Å²) in [5.41, 5.74) is 4.54. The van der Waals surface area contributed by atoms with Crippen molar-refractivity contribution in [1.82, 2.24) is 25.1 Å². The van der Waals surface area contributed by atoms with Crippen molar-refractivity contribution >= 4 is 17.7 Å². The van der Waals surface area contributed by atoms with Gasteiger partial charge in [0, 0.05) is 17.0 Å². The van der Waals surface area contributed by atoms with E-state index < -0.39 is 12.1 Å². The van der Waals surface area contributed by atoms with Gasteiger partial charge in [-0.15, -0.1) is 5.10 Å². The van der Waals surface area contributed by atoms with Crippen molar-refractivity contribution in [3.63, 3.8) is 0 Å². The molecular weight excluding hydrogens is 407 g/mol. The van der Waals surface area contributed by atoms with E-state index in [2.05, 4.69) is 56.3 Å². The summed E-state index contributed by atoms with van der Waals surface area (Å²) in [6.45, 7) is 6.15. The SMILES string of the molecule is CCc1ccc(-c2nc(SCc3nc(C)[nH]c3C)n[nH]2)cc1.O=C(O)C(F)(F)F. The van der Waals surface area contributed by atoms with Gasteiger partial charge in [-0.25, -0.2) is 14.8 Å². The number of hydrogen-bond acceptors (Lipinski definition) is 5. The lowest BCUT2D eigenvalue weighted by atomic mass is 10.1. The van der Waals surface area contributed by atoms with Gasteiger partial charge in [-0.3, -0.25) is 5.10 Å². The highest BCUT2D eigenvalue weighted by molar-refractivity contribution is 7.98. The third-order valence-electron chi connectivity index (χ3n) is 3.78. The molecule has 0 aliphatic rings. The monoisotopic (exact) mass is 427 g/mol. The summed E-state index contributed by atoms with van der Waals surface area (Å²) in [4.78, 5) is 21.1. The number of benzene rings is 1. The maximum Gasteiger partial charge on any atom is 0.490 e. The van der Waals surface area contributed by atoms with Gasteiger partial charge in [0.1, 0.15) is 5.82 Å². The van der Waals surface area contributed by atoms with Crippen LogP contribution in [0.3, 0.4) is 0 Å². The van der Waals surface area contributed by atoms with E-state index >= 15 is 0 Å². The molecule has 0 bridgehead atoms. The van der Waals surface area contributed by atoms with Crippen molar-refractivity contribution < 1.29 is 23.1 Å². The van der Waals surface area contributed by atoms with E-state index in [4.69, 9.17) is 9.90 Å². The van der Waals surface area contributed by atoms with Crippen molar-refractivity contribution in [2.24, 2.45) is 0 Å². The van der Waals surface area contributed by atoms with E-state index in [-0.39, 0.29) is 0 Å². The Kier molecular flexibility index (Phi) is 7.43. The average molecular weight is 427 g/mol. The number of rotatable bonds is 5. The van der Waals surface area contributed by atoms with Crippen LogP contribution >= 0.6 is 11.8 Å². The molecule has 0 amide bonds. The van der Waals surface area contributed by atoms with Crippen LogP contribution in [0, 0.1) is 13.8 Å². The number of aryl methyl sites for hydroxylation is 3. The minimum Gasteiger partial charge on any atom is -0.475 e. The third-order valence-corrected chi connectivity index (χ3v) is 4.64. The molecule has 29 heavy (non-hydrogen) atoms. The molecule has 156 valence electrons. The first kappa shape index (κ1) is 22.5. The Labute approximate surface area is 169 Å². The molecule has 0 saturated heterocycles. The number of carboxylic acid groups (broad SMARTS) is 1. The number of aromatic amines is 2. The number of H-pyrrole nitrogens is 2. The summed E-state index contributed by atoms with van der Waals surface area (Å²) < 4.78 is 31.7. The fraction of sp³-hybridized carbons (Fsp3) is 0.333. The van der Waals surface area contributed by atoms with Crippen LogP contribution in [-0.2, 0) is 17.0 Å². The minimum absolute atomic E-state index is 0.745. The van der Waals surface area contributed by atoms with Crippen LogP contribution in [0.25, 0.3) is 11.4 Å². The van der Waals surface area contributed by atoms with Crippen LogP contribution in [0.2, 0.25) is 0 Å². The molecule has 0 aliphatic carbocycles. The van der Waals surface area contributed by atoms with Gasteiger partial charge in [-0.05, 0) is 25.8 Å². The van der Waals surface area contributed by atoms with Gasteiger partial charge in [0.05, 0.1) is 5.69 Å². The number of carbonyl (C=O) groups is 1. The second-order valence-corrected chi connectivity index (χ2v) is 6.95.